The molecule has 0 aliphatic heterocycles. The van der Waals surface area contributed by atoms with Gasteiger partial charge in [-0.25, -0.2) is 0 Å². The summed E-state index contributed by atoms with van der Waals surface area (Å²) in [6, 6.07) is 5.15. The van der Waals surface area contributed by atoms with Crippen molar-refractivity contribution in [2.75, 3.05) is 5.43 Å². The molecule has 0 atom stereocenters. The average Bonchev–Trinajstić information content (AvgIpc) is 2.16. The molecule has 0 aliphatic carbocycles. The molecule has 0 saturated heterocycles. The molecule has 1 aromatic rings. The second kappa shape index (κ2) is 4.27. The SMILES string of the molecule is CCc1cc(NN)ccc1B(O)O. The molecule has 4 nitrogen and oxygen atoms in total. The molecule has 0 amide bonds. The van der Waals surface area contributed by atoms with E-state index in [-0.39, 0.29) is 0 Å². The van der Waals surface area contributed by atoms with Crippen LogP contribution in [0.2, 0.25) is 0 Å². The van der Waals surface area contributed by atoms with E-state index < -0.39 is 7.12 Å². The summed E-state index contributed by atoms with van der Waals surface area (Å²) in [5, 5.41) is 18.0. The van der Waals surface area contributed by atoms with Crippen LogP contribution in [0.1, 0.15) is 12.5 Å². The summed E-state index contributed by atoms with van der Waals surface area (Å²) in [4.78, 5) is 0. The van der Waals surface area contributed by atoms with Gasteiger partial charge in [-0.05, 0) is 29.6 Å². The first kappa shape index (κ1) is 10.0. The van der Waals surface area contributed by atoms with Gasteiger partial charge in [-0.15, -0.1) is 0 Å². The molecule has 0 saturated carbocycles. The fourth-order valence-corrected chi connectivity index (χ4v) is 1.25. The number of nitrogen functional groups attached to an aromatic ring is 1. The number of hydrazine groups is 1. The molecule has 5 heteroatoms. The molecular weight excluding hydrogens is 167 g/mol. The van der Waals surface area contributed by atoms with Crippen LogP contribution in [0.5, 0.6) is 0 Å². The summed E-state index contributed by atoms with van der Waals surface area (Å²) in [6.07, 6.45) is 0.739. The summed E-state index contributed by atoms with van der Waals surface area (Å²) in [6.45, 7) is 1.95. The number of hydrogen-bond donors (Lipinski definition) is 4. The van der Waals surface area contributed by atoms with Gasteiger partial charge in [-0.3, -0.25) is 5.84 Å². The third-order valence-corrected chi connectivity index (χ3v) is 1.97. The molecule has 0 aliphatic rings. The minimum atomic E-state index is -1.42. The molecule has 0 aromatic heterocycles. The molecule has 1 aromatic carbocycles. The maximum absolute atomic E-state index is 9.00. The molecule has 0 fully saturated rings. The summed E-state index contributed by atoms with van der Waals surface area (Å²) in [5.41, 5.74) is 4.68. The van der Waals surface area contributed by atoms with Crippen LogP contribution in [0, 0.1) is 0 Å². The van der Waals surface area contributed by atoms with Gasteiger partial charge in [0.1, 0.15) is 0 Å². The van der Waals surface area contributed by atoms with Crippen LogP contribution in [-0.4, -0.2) is 17.2 Å². The Morgan fingerprint density at radius 1 is 1.46 bits per heavy atom. The van der Waals surface area contributed by atoms with E-state index in [1.54, 1.807) is 18.2 Å². The summed E-state index contributed by atoms with van der Waals surface area (Å²) in [7, 11) is -1.42. The van der Waals surface area contributed by atoms with Gasteiger partial charge in [0, 0.05) is 5.69 Å². The van der Waals surface area contributed by atoms with Crippen molar-refractivity contribution in [1.29, 1.82) is 0 Å². The van der Waals surface area contributed by atoms with E-state index in [1.807, 2.05) is 6.92 Å². The van der Waals surface area contributed by atoms with E-state index in [2.05, 4.69) is 5.43 Å². The largest absolute Gasteiger partial charge is 0.488 e. The van der Waals surface area contributed by atoms with E-state index in [4.69, 9.17) is 15.9 Å². The normalized spacial score (nSPS) is 9.85. The highest BCUT2D eigenvalue weighted by Gasteiger charge is 2.14. The van der Waals surface area contributed by atoms with Crippen molar-refractivity contribution in [3.8, 4) is 0 Å². The van der Waals surface area contributed by atoms with Crippen LogP contribution < -0.4 is 16.7 Å². The highest BCUT2D eigenvalue weighted by atomic mass is 16.4. The van der Waals surface area contributed by atoms with Gasteiger partial charge in [0.25, 0.3) is 0 Å². The molecule has 0 unspecified atom stereocenters. The minimum absolute atomic E-state index is 0.529. The van der Waals surface area contributed by atoms with Gasteiger partial charge in [-0.2, -0.15) is 0 Å². The monoisotopic (exact) mass is 180 g/mol. The Morgan fingerprint density at radius 2 is 2.15 bits per heavy atom. The Bertz CT molecular complexity index is 291. The number of benzene rings is 1. The average molecular weight is 180 g/mol. The first-order chi connectivity index (χ1) is 6.19. The molecule has 13 heavy (non-hydrogen) atoms. The number of hydrogen-bond acceptors (Lipinski definition) is 4. The van der Waals surface area contributed by atoms with Gasteiger partial charge in [0.2, 0.25) is 0 Å². The van der Waals surface area contributed by atoms with Crippen LogP contribution in [-0.2, 0) is 6.42 Å². The van der Waals surface area contributed by atoms with Gasteiger partial charge < -0.3 is 15.5 Å². The third-order valence-electron chi connectivity index (χ3n) is 1.97. The van der Waals surface area contributed by atoms with Gasteiger partial charge in [-0.1, -0.05) is 13.0 Å². The van der Waals surface area contributed by atoms with Gasteiger partial charge in [0.15, 0.2) is 0 Å². The van der Waals surface area contributed by atoms with E-state index >= 15 is 0 Å². The van der Waals surface area contributed by atoms with E-state index in [0.29, 0.717) is 5.46 Å². The van der Waals surface area contributed by atoms with E-state index in [1.165, 1.54) is 0 Å². The zero-order valence-electron chi connectivity index (χ0n) is 7.49. The van der Waals surface area contributed by atoms with Crippen LogP contribution >= 0.6 is 0 Å². The van der Waals surface area contributed by atoms with Crippen LogP contribution in [0.25, 0.3) is 0 Å². The molecular formula is C8H13BN2O2. The Hall–Kier alpha value is -1.04. The Labute approximate surface area is 77.5 Å². The molecule has 0 spiro atoms. The second-order valence-corrected chi connectivity index (χ2v) is 2.79. The van der Waals surface area contributed by atoms with Crippen molar-refractivity contribution in [3.05, 3.63) is 23.8 Å². The number of nitrogens with two attached hydrogens (primary N) is 1. The maximum Gasteiger partial charge on any atom is 0.488 e. The Kier molecular flexibility index (Phi) is 3.30. The van der Waals surface area contributed by atoms with Crippen molar-refractivity contribution in [2.45, 2.75) is 13.3 Å². The fraction of sp³-hybridized carbons (Fsp3) is 0.250. The minimum Gasteiger partial charge on any atom is -0.423 e. The van der Waals surface area contributed by atoms with Crippen LogP contribution in [0.15, 0.2) is 18.2 Å². The highest BCUT2D eigenvalue weighted by Crippen LogP contribution is 2.08. The van der Waals surface area contributed by atoms with Gasteiger partial charge >= 0.3 is 7.12 Å². The topological polar surface area (TPSA) is 78.5 Å². The lowest BCUT2D eigenvalue weighted by Crippen LogP contribution is -2.33. The number of aryl methyl sites for hydroxylation is 1. The maximum atomic E-state index is 9.00. The standard InChI is InChI=1S/C8H13BN2O2/c1-2-6-5-7(11-10)3-4-8(6)9(12)13/h3-5,11-13H,2,10H2,1H3. The first-order valence-corrected chi connectivity index (χ1v) is 4.14. The van der Waals surface area contributed by atoms with Gasteiger partial charge in [0.05, 0.1) is 0 Å². The summed E-state index contributed by atoms with van der Waals surface area (Å²) < 4.78 is 0. The predicted molar refractivity (Wildman–Crippen MR) is 53.5 cm³/mol. The zero-order chi connectivity index (χ0) is 9.84. The number of rotatable bonds is 3. The van der Waals surface area contributed by atoms with Crippen LogP contribution in [0.4, 0.5) is 5.69 Å². The Morgan fingerprint density at radius 3 is 2.62 bits per heavy atom. The molecule has 0 bridgehead atoms. The van der Waals surface area contributed by atoms with Crippen molar-refractivity contribution in [1.82, 2.24) is 0 Å². The molecule has 0 heterocycles. The van der Waals surface area contributed by atoms with Crippen molar-refractivity contribution in [2.24, 2.45) is 5.84 Å². The zero-order valence-corrected chi connectivity index (χ0v) is 7.49. The lowest BCUT2D eigenvalue weighted by Gasteiger charge is -2.08. The van der Waals surface area contributed by atoms with Crippen LogP contribution in [0.3, 0.4) is 0 Å². The summed E-state index contributed by atoms with van der Waals surface area (Å²) in [5.74, 6) is 5.22. The fourth-order valence-electron chi connectivity index (χ4n) is 1.25. The lowest BCUT2D eigenvalue weighted by molar-refractivity contribution is 0.425. The second-order valence-electron chi connectivity index (χ2n) is 2.79. The lowest BCUT2D eigenvalue weighted by atomic mass is 9.76. The van der Waals surface area contributed by atoms with Crippen molar-refractivity contribution >= 4 is 18.3 Å². The first-order valence-electron chi connectivity index (χ1n) is 4.14. The quantitative estimate of drug-likeness (QED) is 0.279. The third kappa shape index (κ3) is 2.21. The van der Waals surface area contributed by atoms with Crippen molar-refractivity contribution in [3.63, 3.8) is 0 Å². The van der Waals surface area contributed by atoms with Crippen molar-refractivity contribution < 1.29 is 10.0 Å². The predicted octanol–water partition coefficient (Wildman–Crippen LogP) is -0.786. The Balaban J connectivity index is 3.08. The molecule has 70 valence electrons. The smallest absolute Gasteiger partial charge is 0.423 e. The number of anilines is 1. The number of nitrogens with one attached hydrogen (secondary N) is 1. The molecule has 5 N–H and O–H groups in total. The summed E-state index contributed by atoms with van der Waals surface area (Å²) >= 11 is 0. The van der Waals surface area contributed by atoms with E-state index in [9.17, 15) is 0 Å². The molecule has 0 radical (unpaired) electrons. The molecule has 1 rings (SSSR count). The highest BCUT2D eigenvalue weighted by molar-refractivity contribution is 6.59. The van der Waals surface area contributed by atoms with E-state index in [0.717, 1.165) is 17.7 Å².